The average Bonchev–Trinajstić information content (AvgIpc) is 4.07. The van der Waals surface area contributed by atoms with E-state index in [0.717, 1.165) is 44.5 Å². The highest BCUT2D eigenvalue weighted by molar-refractivity contribution is 9.10. The summed E-state index contributed by atoms with van der Waals surface area (Å²) in [4.78, 5) is 23.5. The second-order valence-corrected chi connectivity index (χ2v) is 13.8. The number of rotatable bonds is 6. The molecule has 4 aromatic carbocycles. The number of nitrogens with two attached hydrogens (primary N) is 2. The number of nitrogens with zero attached hydrogens (tertiary/aromatic N) is 9. The van der Waals surface area contributed by atoms with Crippen LogP contribution in [-0.2, 0) is 0 Å². The predicted molar refractivity (Wildman–Crippen MR) is 240 cm³/mol. The van der Waals surface area contributed by atoms with E-state index in [1.807, 2.05) is 54.6 Å². The molecule has 16 nitrogen and oxygen atoms in total. The Balaban J connectivity index is 0.000000201. The van der Waals surface area contributed by atoms with Crippen molar-refractivity contribution in [3.8, 4) is 17.1 Å². The zero-order chi connectivity index (χ0) is 42.0. The van der Waals surface area contributed by atoms with E-state index >= 15 is 0 Å². The number of benzene rings is 4. The fourth-order valence-electron chi connectivity index (χ4n) is 4.29. The molecule has 0 saturated carbocycles. The number of aliphatic imine (C=N–C) groups is 1. The first kappa shape index (κ1) is 47.6. The number of nitrogen functional groups attached to an aromatic ring is 2. The van der Waals surface area contributed by atoms with Crippen molar-refractivity contribution in [1.82, 2.24) is 29.3 Å². The molecule has 0 fully saturated rings. The smallest absolute Gasteiger partial charge is 0.269 e. The summed E-state index contributed by atoms with van der Waals surface area (Å²) < 4.78 is 5.79. The molecule has 4 heterocycles. The van der Waals surface area contributed by atoms with Crippen LogP contribution in [0, 0.1) is 20.2 Å². The van der Waals surface area contributed by atoms with Crippen LogP contribution in [0.3, 0.4) is 0 Å². The number of allylic oxidation sites excluding steroid dienone is 1. The highest BCUT2D eigenvalue weighted by Gasteiger charge is 2.06. The SMILES string of the molecule is Cl.ClC1=CCN=C1.NNc1ccc(-n2cc(Cl)cn2)cc1.Nc1ccc(-n2cc(Cl)cn2)cc1.O=[N+]([O-])c1ccc(-n2cc(Cl)cn2)cc1.O=[N+]([O-])c1ccc(Br)cc1. The Morgan fingerprint density at radius 1 is 0.627 bits per heavy atom. The molecule has 22 heteroatoms. The third-order valence-corrected chi connectivity index (χ3v) is 8.44. The van der Waals surface area contributed by atoms with Gasteiger partial charge in [0.25, 0.3) is 11.4 Å². The van der Waals surface area contributed by atoms with E-state index in [-0.39, 0.29) is 23.8 Å². The number of aromatic nitrogens is 6. The van der Waals surface area contributed by atoms with Crippen molar-refractivity contribution in [2.45, 2.75) is 0 Å². The third kappa shape index (κ3) is 16.2. The van der Waals surface area contributed by atoms with Gasteiger partial charge in [-0.25, -0.2) is 14.0 Å². The monoisotopic (exact) mass is 962 g/mol. The Bertz CT molecular complexity index is 2440. The van der Waals surface area contributed by atoms with E-state index in [1.54, 1.807) is 75.5 Å². The molecule has 0 radical (unpaired) electrons. The van der Waals surface area contributed by atoms with Crippen molar-refractivity contribution in [2.24, 2.45) is 10.8 Å². The molecule has 8 rings (SSSR count). The quantitative estimate of drug-likeness (QED) is 0.0620. The molecule has 5 N–H and O–H groups in total. The molecule has 1 aliphatic rings. The lowest BCUT2D eigenvalue weighted by Gasteiger charge is -2.02. The summed E-state index contributed by atoms with van der Waals surface area (Å²) in [5, 5.41) is 35.1. The normalized spacial score (nSPS) is 10.7. The van der Waals surface area contributed by atoms with E-state index in [1.165, 1.54) is 30.5 Å². The first-order valence-electron chi connectivity index (χ1n) is 16.3. The minimum absolute atomic E-state index is 0. The third-order valence-electron chi connectivity index (χ3n) is 7.08. The Hall–Kier alpha value is -5.79. The van der Waals surface area contributed by atoms with Gasteiger partial charge >= 0.3 is 0 Å². The second-order valence-electron chi connectivity index (χ2n) is 11.2. The first-order chi connectivity index (χ1) is 27.8. The lowest BCUT2D eigenvalue weighted by Crippen LogP contribution is -2.06. The van der Waals surface area contributed by atoms with Crippen LogP contribution in [0.5, 0.6) is 0 Å². The number of hydrazine groups is 1. The fourth-order valence-corrected chi connectivity index (χ4v) is 5.10. The van der Waals surface area contributed by atoms with Gasteiger partial charge in [-0.15, -0.1) is 12.4 Å². The van der Waals surface area contributed by atoms with Gasteiger partial charge in [-0.1, -0.05) is 62.3 Å². The Morgan fingerprint density at radius 3 is 1.29 bits per heavy atom. The maximum atomic E-state index is 10.4. The van der Waals surface area contributed by atoms with Crippen LogP contribution in [0.1, 0.15) is 0 Å². The van der Waals surface area contributed by atoms with Gasteiger partial charge in [0, 0.05) is 64.9 Å². The minimum atomic E-state index is -0.445. The number of hydrogen-bond acceptors (Lipinski definition) is 11. The lowest BCUT2D eigenvalue weighted by molar-refractivity contribution is -0.385. The first-order valence-corrected chi connectivity index (χ1v) is 18.7. The molecule has 0 spiro atoms. The average molecular weight is 966 g/mol. The van der Waals surface area contributed by atoms with Crippen molar-refractivity contribution in [3.05, 3.63) is 185 Å². The Labute approximate surface area is 371 Å². The molecular weight excluding hydrogens is 934 g/mol. The molecule has 0 atom stereocenters. The van der Waals surface area contributed by atoms with Crippen molar-refractivity contribution < 1.29 is 9.85 Å². The molecule has 0 saturated heterocycles. The summed E-state index contributed by atoms with van der Waals surface area (Å²) in [6.07, 6.45) is 13.3. The minimum Gasteiger partial charge on any atom is -0.399 e. The van der Waals surface area contributed by atoms with Gasteiger partial charge in [0.2, 0.25) is 0 Å². The standard InChI is InChI=1S/C9H9ClN4.C9H6ClN3O2.C9H8ClN3.C6H4BrNO2.C4H4ClN.ClH/c10-7-5-12-14(6-7)9-3-1-8(13-11)2-4-9;10-7-5-11-12(6-7)8-1-3-9(4-2-8)13(14)15;10-7-5-12-13(6-7)9-3-1-8(11)2-4-9;7-5-1-3-6(4-2-5)8(9)10;5-4-1-2-6-3-4;/h1-6,13H,11H2;1-6H;1-6H,11H2;1-4H;1,3H,2H2;1H. The fraction of sp³-hybridized carbons (Fsp3) is 0.0270. The Morgan fingerprint density at radius 2 is 1.00 bits per heavy atom. The number of nitro groups is 2. The Kier molecular flexibility index (Phi) is 19.5. The zero-order valence-corrected chi connectivity index (χ0v) is 35.6. The molecular formula is C37H32BrCl5N12O4. The number of anilines is 2. The molecule has 3 aromatic heterocycles. The van der Waals surface area contributed by atoms with Crippen molar-refractivity contribution in [1.29, 1.82) is 0 Å². The summed E-state index contributed by atoms with van der Waals surface area (Å²) in [5.41, 5.74) is 12.5. The molecule has 7 aromatic rings. The van der Waals surface area contributed by atoms with Crippen LogP contribution in [0.15, 0.2) is 155 Å². The second kappa shape index (κ2) is 24.2. The van der Waals surface area contributed by atoms with Crippen LogP contribution in [-0.4, -0.2) is 51.9 Å². The molecule has 0 bridgehead atoms. The number of nitro benzene ring substituents is 2. The topological polar surface area (TPSA) is 216 Å². The van der Waals surface area contributed by atoms with Crippen LogP contribution < -0.4 is 17.0 Å². The number of hydrogen-bond donors (Lipinski definition) is 3. The van der Waals surface area contributed by atoms with E-state index in [0.29, 0.717) is 15.1 Å². The van der Waals surface area contributed by atoms with Crippen LogP contribution >= 0.6 is 74.7 Å². The summed E-state index contributed by atoms with van der Waals surface area (Å²) in [6, 6.07) is 27.2. The zero-order valence-electron chi connectivity index (χ0n) is 30.2. The van der Waals surface area contributed by atoms with E-state index in [4.69, 9.17) is 58.0 Å². The summed E-state index contributed by atoms with van der Waals surface area (Å²) >= 11 is 25.8. The van der Waals surface area contributed by atoms with E-state index < -0.39 is 9.85 Å². The van der Waals surface area contributed by atoms with E-state index in [2.05, 4.69) is 41.6 Å². The molecule has 306 valence electrons. The summed E-state index contributed by atoms with van der Waals surface area (Å²) in [7, 11) is 0. The van der Waals surface area contributed by atoms with Crippen molar-refractivity contribution >= 4 is 104 Å². The number of non-ortho nitro benzene ring substituents is 2. The molecule has 59 heavy (non-hydrogen) atoms. The van der Waals surface area contributed by atoms with Gasteiger partial charge in [-0.05, 0) is 78.9 Å². The summed E-state index contributed by atoms with van der Waals surface area (Å²) in [6.45, 7) is 0.763. The van der Waals surface area contributed by atoms with Crippen LogP contribution in [0.4, 0.5) is 22.7 Å². The van der Waals surface area contributed by atoms with Crippen molar-refractivity contribution in [2.75, 3.05) is 17.7 Å². The highest BCUT2D eigenvalue weighted by atomic mass is 79.9. The molecule has 0 amide bonds. The van der Waals surface area contributed by atoms with Gasteiger partial charge < -0.3 is 11.2 Å². The summed E-state index contributed by atoms with van der Waals surface area (Å²) in [5.74, 6) is 5.25. The van der Waals surface area contributed by atoms with Crippen LogP contribution in [0.2, 0.25) is 15.1 Å². The number of halogens is 6. The molecule has 0 unspecified atom stereocenters. The lowest BCUT2D eigenvalue weighted by atomic mass is 10.3. The van der Waals surface area contributed by atoms with Gasteiger partial charge in [-0.2, -0.15) is 15.3 Å². The van der Waals surface area contributed by atoms with Gasteiger partial charge in [0.15, 0.2) is 0 Å². The van der Waals surface area contributed by atoms with Gasteiger partial charge in [-0.3, -0.25) is 31.1 Å². The number of nitrogens with one attached hydrogen (secondary N) is 1. The van der Waals surface area contributed by atoms with Crippen LogP contribution in [0.25, 0.3) is 17.1 Å². The molecule has 0 aliphatic carbocycles. The predicted octanol–water partition coefficient (Wildman–Crippen LogP) is 10.3. The van der Waals surface area contributed by atoms with Gasteiger partial charge in [0.1, 0.15) is 0 Å². The maximum Gasteiger partial charge on any atom is 0.269 e. The highest BCUT2D eigenvalue weighted by Crippen LogP contribution is 2.18. The molecule has 1 aliphatic heterocycles. The largest absolute Gasteiger partial charge is 0.399 e. The van der Waals surface area contributed by atoms with Crippen molar-refractivity contribution in [3.63, 3.8) is 0 Å². The van der Waals surface area contributed by atoms with E-state index in [9.17, 15) is 20.2 Å². The maximum absolute atomic E-state index is 10.4. The van der Waals surface area contributed by atoms with Gasteiger partial charge in [0.05, 0.1) is 72.1 Å².